The van der Waals surface area contributed by atoms with Crippen LogP contribution in [-0.4, -0.2) is 51.6 Å². The molecule has 1 amide bonds. The van der Waals surface area contributed by atoms with Gasteiger partial charge in [0.05, 0.1) is 22.6 Å². The van der Waals surface area contributed by atoms with Gasteiger partial charge in [0.25, 0.3) is 0 Å². The minimum absolute atomic E-state index is 0.305. The minimum atomic E-state index is -0.387. The molecule has 6 nitrogen and oxygen atoms in total. The van der Waals surface area contributed by atoms with E-state index in [1.165, 1.54) is 0 Å². The Morgan fingerprint density at radius 3 is 2.64 bits per heavy atom. The van der Waals surface area contributed by atoms with Gasteiger partial charge in [-0.3, -0.25) is 0 Å². The number of rotatable bonds is 6. The van der Waals surface area contributed by atoms with Gasteiger partial charge >= 0.3 is 6.09 Å². The van der Waals surface area contributed by atoms with Gasteiger partial charge in [-0.05, 0) is 42.0 Å². The zero-order valence-electron chi connectivity index (χ0n) is 16.0. The molecule has 1 saturated heterocycles. The van der Waals surface area contributed by atoms with Crippen LogP contribution in [0.25, 0.3) is 0 Å². The summed E-state index contributed by atoms with van der Waals surface area (Å²) in [5.74, 6) is 2.19. The number of benzene rings is 1. The number of carbonyl (C=O) groups excluding carboxylic acids is 1. The lowest BCUT2D eigenvalue weighted by Gasteiger charge is -2.24. The number of imidazole rings is 1. The average molecular weight is 423 g/mol. The van der Waals surface area contributed by atoms with E-state index in [-0.39, 0.29) is 6.09 Å². The number of aromatic nitrogens is 2. The number of fused-ring (bicyclic) bond motifs is 1. The maximum absolute atomic E-state index is 12.9. The summed E-state index contributed by atoms with van der Waals surface area (Å²) in [6.45, 7) is 6.65. The molecule has 2 aromatic rings. The Balaban J connectivity index is 1.46. The summed E-state index contributed by atoms with van der Waals surface area (Å²) in [6.07, 6.45) is 2.90. The highest BCUT2D eigenvalue weighted by atomic mass is 35.5. The SMILES string of the molecule is CCN1CC2C(C1)C2CN(Cc1ccc(Cl)c(Cl)c1)C(=O)Oc1cn(C)cn1. The standard InChI is InChI=1S/C20H24Cl2N4O2/c1-3-25-8-14-15(9-25)16(14)10-26(7-13-4-5-17(21)18(22)6-13)20(27)28-19-11-24(2)12-23-19/h4-6,11-12,14-16H,3,7-10H2,1-2H3. The number of ether oxygens (including phenoxy) is 1. The zero-order valence-corrected chi connectivity index (χ0v) is 17.5. The van der Waals surface area contributed by atoms with Crippen LogP contribution in [-0.2, 0) is 13.6 Å². The van der Waals surface area contributed by atoms with Gasteiger partial charge in [-0.1, -0.05) is 36.2 Å². The number of hydrogen-bond acceptors (Lipinski definition) is 4. The summed E-state index contributed by atoms with van der Waals surface area (Å²) in [6, 6.07) is 5.45. The molecule has 150 valence electrons. The zero-order chi connectivity index (χ0) is 19.8. The van der Waals surface area contributed by atoms with Crippen molar-refractivity contribution in [2.45, 2.75) is 13.5 Å². The molecule has 0 N–H and O–H groups in total. The molecule has 1 aliphatic heterocycles. The number of hydrogen-bond donors (Lipinski definition) is 0. The van der Waals surface area contributed by atoms with E-state index in [9.17, 15) is 4.79 Å². The largest absolute Gasteiger partial charge is 0.416 e. The summed E-state index contributed by atoms with van der Waals surface area (Å²) < 4.78 is 7.25. The van der Waals surface area contributed by atoms with Crippen LogP contribution >= 0.6 is 23.2 Å². The second-order valence-corrected chi connectivity index (χ2v) is 8.53. The lowest BCUT2D eigenvalue weighted by Crippen LogP contribution is -2.36. The van der Waals surface area contributed by atoms with Crippen molar-refractivity contribution in [1.82, 2.24) is 19.4 Å². The van der Waals surface area contributed by atoms with Gasteiger partial charge in [0.1, 0.15) is 0 Å². The predicted octanol–water partition coefficient (Wildman–Crippen LogP) is 3.93. The fourth-order valence-electron chi connectivity index (χ4n) is 4.18. The van der Waals surface area contributed by atoms with E-state index in [2.05, 4.69) is 16.8 Å². The maximum Gasteiger partial charge on any atom is 0.416 e. The summed E-state index contributed by atoms with van der Waals surface area (Å²) in [7, 11) is 1.84. The molecule has 8 heteroatoms. The second-order valence-electron chi connectivity index (χ2n) is 7.72. The topological polar surface area (TPSA) is 50.6 Å². The molecule has 2 fully saturated rings. The Morgan fingerprint density at radius 2 is 2.04 bits per heavy atom. The van der Waals surface area contributed by atoms with Gasteiger partial charge in [-0.15, -0.1) is 0 Å². The first-order chi connectivity index (χ1) is 13.4. The number of halogens is 2. The Hall–Kier alpha value is -1.76. The van der Waals surface area contributed by atoms with Gasteiger partial charge in [-0.2, -0.15) is 0 Å². The molecule has 1 saturated carbocycles. The fraction of sp³-hybridized carbons (Fsp3) is 0.500. The van der Waals surface area contributed by atoms with Crippen LogP contribution in [0, 0.1) is 17.8 Å². The molecule has 0 bridgehead atoms. The predicted molar refractivity (Wildman–Crippen MR) is 109 cm³/mol. The number of nitrogens with zero attached hydrogens (tertiary/aromatic N) is 4. The van der Waals surface area contributed by atoms with E-state index in [0.29, 0.717) is 46.8 Å². The van der Waals surface area contributed by atoms with E-state index in [4.69, 9.17) is 27.9 Å². The van der Waals surface area contributed by atoms with Gasteiger partial charge in [-0.25, -0.2) is 9.78 Å². The normalized spacial score (nSPS) is 23.5. The third kappa shape index (κ3) is 4.14. The molecule has 28 heavy (non-hydrogen) atoms. The number of likely N-dealkylation sites (tertiary alicyclic amines) is 1. The smallest absolute Gasteiger partial charge is 0.389 e. The first-order valence-corrected chi connectivity index (χ1v) is 10.3. The highest BCUT2D eigenvalue weighted by Crippen LogP contribution is 2.52. The van der Waals surface area contributed by atoms with Crippen molar-refractivity contribution in [1.29, 1.82) is 0 Å². The van der Waals surface area contributed by atoms with Crippen LogP contribution in [0.2, 0.25) is 10.0 Å². The van der Waals surface area contributed by atoms with Crippen molar-refractivity contribution in [3.05, 3.63) is 46.3 Å². The first kappa shape index (κ1) is 19.6. The Kier molecular flexibility index (Phi) is 5.54. The number of carbonyl (C=O) groups is 1. The van der Waals surface area contributed by atoms with E-state index in [1.807, 2.05) is 13.1 Å². The highest BCUT2D eigenvalue weighted by molar-refractivity contribution is 6.42. The van der Waals surface area contributed by atoms with E-state index in [0.717, 1.165) is 25.2 Å². The number of piperidine rings is 1. The lowest BCUT2D eigenvalue weighted by atomic mass is 10.2. The fourth-order valence-corrected chi connectivity index (χ4v) is 4.50. The van der Waals surface area contributed by atoms with E-state index >= 15 is 0 Å². The Labute approximate surface area is 175 Å². The molecule has 0 radical (unpaired) electrons. The molecular weight excluding hydrogens is 399 g/mol. The van der Waals surface area contributed by atoms with Crippen molar-refractivity contribution in [3.63, 3.8) is 0 Å². The molecule has 2 heterocycles. The third-order valence-electron chi connectivity index (χ3n) is 5.81. The first-order valence-electron chi connectivity index (χ1n) is 9.55. The van der Waals surface area contributed by atoms with Crippen molar-refractivity contribution in [2.75, 3.05) is 26.2 Å². The Morgan fingerprint density at radius 1 is 1.29 bits per heavy atom. The third-order valence-corrected chi connectivity index (χ3v) is 6.55. The quantitative estimate of drug-likeness (QED) is 0.707. The molecule has 1 aliphatic carbocycles. The van der Waals surface area contributed by atoms with Crippen molar-refractivity contribution in [2.24, 2.45) is 24.8 Å². The van der Waals surface area contributed by atoms with Gasteiger partial charge in [0, 0.05) is 33.2 Å². The monoisotopic (exact) mass is 422 g/mol. The number of amides is 1. The van der Waals surface area contributed by atoms with Crippen LogP contribution in [0.3, 0.4) is 0 Å². The Bertz CT molecular complexity index is 860. The molecule has 4 rings (SSSR count). The average Bonchev–Trinajstić information content (AvgIpc) is 3.01. The van der Waals surface area contributed by atoms with Gasteiger partial charge < -0.3 is 19.1 Å². The van der Waals surface area contributed by atoms with Crippen molar-refractivity contribution >= 4 is 29.3 Å². The van der Waals surface area contributed by atoms with Gasteiger partial charge in [0.15, 0.2) is 0 Å². The van der Waals surface area contributed by atoms with E-state index in [1.54, 1.807) is 34.1 Å². The van der Waals surface area contributed by atoms with E-state index < -0.39 is 0 Å². The molecule has 2 atom stereocenters. The molecule has 1 aromatic carbocycles. The number of aryl methyl sites for hydroxylation is 1. The molecule has 2 aliphatic rings. The molecule has 1 aromatic heterocycles. The second kappa shape index (κ2) is 7.93. The van der Waals surface area contributed by atoms with Crippen LogP contribution in [0.4, 0.5) is 4.79 Å². The van der Waals surface area contributed by atoms with Crippen LogP contribution in [0.1, 0.15) is 12.5 Å². The van der Waals surface area contributed by atoms with Crippen LogP contribution in [0.5, 0.6) is 5.88 Å². The highest BCUT2D eigenvalue weighted by Gasteiger charge is 2.55. The van der Waals surface area contributed by atoms with Gasteiger partial charge in [0.2, 0.25) is 5.88 Å². The summed E-state index contributed by atoms with van der Waals surface area (Å²) in [5.41, 5.74) is 0.924. The van der Waals surface area contributed by atoms with Crippen molar-refractivity contribution < 1.29 is 9.53 Å². The maximum atomic E-state index is 12.9. The minimum Gasteiger partial charge on any atom is -0.389 e. The molecule has 2 unspecified atom stereocenters. The van der Waals surface area contributed by atoms with Crippen molar-refractivity contribution in [3.8, 4) is 5.88 Å². The molecular formula is C20H24Cl2N4O2. The summed E-state index contributed by atoms with van der Waals surface area (Å²) in [5, 5.41) is 0.989. The lowest BCUT2D eigenvalue weighted by molar-refractivity contribution is 0.141. The summed E-state index contributed by atoms with van der Waals surface area (Å²) in [4.78, 5) is 21.2. The van der Waals surface area contributed by atoms with Crippen LogP contribution < -0.4 is 4.74 Å². The van der Waals surface area contributed by atoms with Crippen LogP contribution in [0.15, 0.2) is 30.7 Å². The summed E-state index contributed by atoms with van der Waals surface area (Å²) >= 11 is 12.2. The molecule has 0 spiro atoms.